The second-order valence-corrected chi connectivity index (χ2v) is 6.97. The highest BCUT2D eigenvalue weighted by Gasteiger charge is 2.26. The highest BCUT2D eigenvalue weighted by atomic mass is 32.1. The quantitative estimate of drug-likeness (QED) is 0.754. The van der Waals surface area contributed by atoms with Gasteiger partial charge in [0.15, 0.2) is 11.5 Å². The molecule has 1 unspecified atom stereocenters. The van der Waals surface area contributed by atoms with Crippen LogP contribution in [-0.4, -0.2) is 45.1 Å². The van der Waals surface area contributed by atoms with Gasteiger partial charge in [-0.25, -0.2) is 15.0 Å². The minimum Gasteiger partial charge on any atom is -0.366 e. The van der Waals surface area contributed by atoms with E-state index in [-0.39, 0.29) is 0 Å². The van der Waals surface area contributed by atoms with E-state index in [0.717, 1.165) is 23.5 Å². The van der Waals surface area contributed by atoms with Gasteiger partial charge in [-0.1, -0.05) is 0 Å². The highest BCUT2D eigenvalue weighted by molar-refractivity contribution is 7.07. The molecule has 3 aromatic heterocycles. The number of hydrogen-bond donors (Lipinski definition) is 1. The molecule has 1 aliphatic carbocycles. The van der Waals surface area contributed by atoms with E-state index in [4.69, 9.17) is 0 Å². The fourth-order valence-electron chi connectivity index (χ4n) is 2.86. The molecular weight excluding hydrogens is 308 g/mol. The Hall–Kier alpha value is -1.99. The van der Waals surface area contributed by atoms with Crippen LogP contribution in [0.15, 0.2) is 29.5 Å². The molecule has 7 heteroatoms. The van der Waals surface area contributed by atoms with Gasteiger partial charge in [0.1, 0.15) is 11.8 Å². The number of imidazole rings is 1. The normalized spacial score (nSPS) is 16.1. The van der Waals surface area contributed by atoms with Crippen molar-refractivity contribution in [1.82, 2.24) is 24.4 Å². The fourth-order valence-corrected chi connectivity index (χ4v) is 3.56. The summed E-state index contributed by atoms with van der Waals surface area (Å²) in [4.78, 5) is 15.6. The Balaban J connectivity index is 1.57. The summed E-state index contributed by atoms with van der Waals surface area (Å²) in [5, 5.41) is 7.78. The number of nitrogens with zero attached hydrogens (tertiary/aromatic N) is 5. The molecule has 1 fully saturated rings. The summed E-state index contributed by atoms with van der Waals surface area (Å²) in [6.45, 7) is 0.784. The van der Waals surface area contributed by atoms with Crippen molar-refractivity contribution >= 4 is 28.3 Å². The van der Waals surface area contributed by atoms with Crippen LogP contribution in [0.25, 0.3) is 11.2 Å². The van der Waals surface area contributed by atoms with E-state index >= 15 is 0 Å². The minimum atomic E-state index is 0.303. The molecule has 0 aromatic carbocycles. The molecule has 0 bridgehead atoms. The molecular formula is C16H20N6S. The van der Waals surface area contributed by atoms with E-state index in [1.54, 1.807) is 17.7 Å². The lowest BCUT2D eigenvalue weighted by molar-refractivity contribution is 0.312. The fraction of sp³-hybridized carbons (Fsp3) is 0.438. The van der Waals surface area contributed by atoms with Crippen LogP contribution in [0.2, 0.25) is 0 Å². The van der Waals surface area contributed by atoms with Crippen LogP contribution in [-0.2, 0) is 0 Å². The first kappa shape index (κ1) is 14.6. The van der Waals surface area contributed by atoms with Crippen LogP contribution in [0.4, 0.5) is 5.82 Å². The molecule has 1 atom stereocenters. The van der Waals surface area contributed by atoms with E-state index in [2.05, 4.69) is 60.7 Å². The number of thiophene rings is 1. The third-order valence-corrected chi connectivity index (χ3v) is 5.01. The zero-order valence-corrected chi connectivity index (χ0v) is 14.1. The van der Waals surface area contributed by atoms with E-state index in [9.17, 15) is 0 Å². The summed E-state index contributed by atoms with van der Waals surface area (Å²) >= 11 is 1.73. The van der Waals surface area contributed by atoms with Crippen molar-refractivity contribution < 1.29 is 0 Å². The Labute approximate surface area is 139 Å². The van der Waals surface area contributed by atoms with E-state index in [0.29, 0.717) is 12.1 Å². The number of nitrogens with one attached hydrogen (secondary N) is 1. The van der Waals surface area contributed by atoms with Crippen molar-refractivity contribution in [2.24, 2.45) is 0 Å². The molecule has 0 radical (unpaired) electrons. The molecule has 120 valence electrons. The van der Waals surface area contributed by atoms with E-state index in [1.165, 1.54) is 18.4 Å². The molecule has 0 spiro atoms. The largest absolute Gasteiger partial charge is 0.366 e. The van der Waals surface area contributed by atoms with Crippen LogP contribution >= 0.6 is 11.3 Å². The molecule has 0 saturated heterocycles. The van der Waals surface area contributed by atoms with Crippen molar-refractivity contribution in [2.75, 3.05) is 26.0 Å². The van der Waals surface area contributed by atoms with Gasteiger partial charge in [-0.15, -0.1) is 0 Å². The third kappa shape index (κ3) is 2.82. The molecule has 1 N–H and O–H groups in total. The third-order valence-electron chi connectivity index (χ3n) is 4.31. The number of aromatic nitrogens is 4. The Morgan fingerprint density at radius 2 is 2.22 bits per heavy atom. The predicted octanol–water partition coefficient (Wildman–Crippen LogP) is 2.94. The highest BCUT2D eigenvalue weighted by Crippen LogP contribution is 2.37. The van der Waals surface area contributed by atoms with Gasteiger partial charge in [0, 0.05) is 12.6 Å². The number of anilines is 1. The molecule has 1 aliphatic rings. The number of fused-ring (bicyclic) bond motifs is 1. The standard InChI is InChI=1S/C16H20N6S/c1-21(2)13(11-5-6-23-8-11)7-17-15-14-16(19-9-18-15)22(10-20-14)12-3-4-12/h5-6,8-10,12-13H,3-4,7H2,1-2H3,(H,17,18,19). The van der Waals surface area contributed by atoms with Crippen molar-refractivity contribution in [2.45, 2.75) is 24.9 Å². The van der Waals surface area contributed by atoms with Gasteiger partial charge < -0.3 is 14.8 Å². The van der Waals surface area contributed by atoms with Gasteiger partial charge in [0.05, 0.1) is 12.4 Å². The first-order valence-electron chi connectivity index (χ1n) is 7.84. The zero-order valence-electron chi connectivity index (χ0n) is 13.3. The molecule has 3 heterocycles. The molecule has 3 aromatic rings. The van der Waals surface area contributed by atoms with Crippen LogP contribution in [0, 0.1) is 0 Å². The molecule has 0 aliphatic heterocycles. The van der Waals surface area contributed by atoms with Gasteiger partial charge in [0.25, 0.3) is 0 Å². The van der Waals surface area contributed by atoms with Gasteiger partial charge >= 0.3 is 0 Å². The Bertz CT molecular complexity index is 790. The van der Waals surface area contributed by atoms with E-state index in [1.807, 2.05) is 6.33 Å². The van der Waals surface area contributed by atoms with Gasteiger partial charge in [-0.05, 0) is 49.3 Å². The van der Waals surface area contributed by atoms with Crippen molar-refractivity contribution in [3.05, 3.63) is 35.0 Å². The Morgan fingerprint density at radius 1 is 1.35 bits per heavy atom. The average molecular weight is 328 g/mol. The molecule has 6 nitrogen and oxygen atoms in total. The maximum absolute atomic E-state index is 4.53. The number of rotatable bonds is 6. The molecule has 0 amide bonds. The molecule has 1 saturated carbocycles. The average Bonchev–Trinajstić information content (AvgIpc) is 3.08. The minimum absolute atomic E-state index is 0.303. The second-order valence-electron chi connectivity index (χ2n) is 6.19. The number of hydrogen-bond acceptors (Lipinski definition) is 6. The van der Waals surface area contributed by atoms with Crippen LogP contribution in [0.5, 0.6) is 0 Å². The van der Waals surface area contributed by atoms with E-state index < -0.39 is 0 Å². The lowest BCUT2D eigenvalue weighted by Gasteiger charge is -2.24. The van der Waals surface area contributed by atoms with Crippen molar-refractivity contribution in [3.8, 4) is 0 Å². The first-order chi connectivity index (χ1) is 11.2. The lowest BCUT2D eigenvalue weighted by Crippen LogP contribution is -2.26. The van der Waals surface area contributed by atoms with Gasteiger partial charge in [0.2, 0.25) is 0 Å². The summed E-state index contributed by atoms with van der Waals surface area (Å²) in [5.41, 5.74) is 3.12. The summed E-state index contributed by atoms with van der Waals surface area (Å²) in [7, 11) is 4.20. The summed E-state index contributed by atoms with van der Waals surface area (Å²) in [6.07, 6.45) is 5.96. The maximum atomic E-state index is 4.53. The van der Waals surface area contributed by atoms with Crippen LogP contribution in [0.1, 0.15) is 30.5 Å². The van der Waals surface area contributed by atoms with Crippen molar-refractivity contribution in [3.63, 3.8) is 0 Å². The summed E-state index contributed by atoms with van der Waals surface area (Å²) in [5.74, 6) is 0.816. The van der Waals surface area contributed by atoms with Gasteiger partial charge in [-0.3, -0.25) is 0 Å². The van der Waals surface area contributed by atoms with Gasteiger partial charge in [-0.2, -0.15) is 11.3 Å². The predicted molar refractivity (Wildman–Crippen MR) is 92.8 cm³/mol. The van der Waals surface area contributed by atoms with Crippen molar-refractivity contribution in [1.29, 1.82) is 0 Å². The van der Waals surface area contributed by atoms with Crippen LogP contribution < -0.4 is 5.32 Å². The Kier molecular flexibility index (Phi) is 3.74. The summed E-state index contributed by atoms with van der Waals surface area (Å²) < 4.78 is 2.17. The SMILES string of the molecule is CN(C)C(CNc1ncnc2c1ncn2C1CC1)c1ccsc1. The number of likely N-dealkylation sites (N-methyl/N-ethyl adjacent to an activating group) is 1. The maximum Gasteiger partial charge on any atom is 0.165 e. The topological polar surface area (TPSA) is 58.9 Å². The molecule has 23 heavy (non-hydrogen) atoms. The second kappa shape index (κ2) is 5.90. The van der Waals surface area contributed by atoms with Crippen LogP contribution in [0.3, 0.4) is 0 Å². The monoisotopic (exact) mass is 328 g/mol. The first-order valence-corrected chi connectivity index (χ1v) is 8.78. The summed E-state index contributed by atoms with van der Waals surface area (Å²) in [6, 6.07) is 3.05. The zero-order chi connectivity index (χ0) is 15.8. The molecule has 4 rings (SSSR count). The smallest absolute Gasteiger partial charge is 0.165 e. The lowest BCUT2D eigenvalue weighted by atomic mass is 10.1. The Morgan fingerprint density at radius 3 is 2.91 bits per heavy atom.